The number of likely N-dealkylation sites (tertiary alicyclic amines) is 1. The fourth-order valence-corrected chi connectivity index (χ4v) is 5.49. The molecular weight excluding hydrogens is 386 g/mol. The maximum atomic E-state index is 12.6. The number of fused-ring (bicyclic) bond motifs is 1. The number of benzene rings is 1. The molecule has 0 spiro atoms. The van der Waals surface area contributed by atoms with Crippen LogP contribution in [-0.4, -0.2) is 42.5 Å². The molecule has 3 N–H and O–H groups in total. The van der Waals surface area contributed by atoms with Gasteiger partial charge in [-0.3, -0.25) is 14.5 Å². The van der Waals surface area contributed by atoms with Gasteiger partial charge in [-0.05, 0) is 56.2 Å². The van der Waals surface area contributed by atoms with Crippen LogP contribution >= 0.6 is 11.3 Å². The lowest BCUT2D eigenvalue weighted by molar-refractivity contribution is -0.117. The maximum absolute atomic E-state index is 12.6. The van der Waals surface area contributed by atoms with E-state index in [9.17, 15) is 9.59 Å². The van der Waals surface area contributed by atoms with E-state index in [2.05, 4.69) is 23.2 Å². The lowest BCUT2D eigenvalue weighted by atomic mass is 10.1. The number of nitrogens with two attached hydrogens (primary N) is 1. The van der Waals surface area contributed by atoms with Crippen molar-refractivity contribution in [3.05, 3.63) is 45.8 Å². The number of nitrogens with one attached hydrogen (secondary N) is 1. The van der Waals surface area contributed by atoms with E-state index >= 15 is 0 Å². The van der Waals surface area contributed by atoms with Crippen molar-refractivity contribution in [2.75, 3.05) is 25.0 Å². The van der Waals surface area contributed by atoms with E-state index in [0.717, 1.165) is 62.1 Å². The highest BCUT2D eigenvalue weighted by molar-refractivity contribution is 7.17. The Hall–Kier alpha value is -2.38. The van der Waals surface area contributed by atoms with Crippen LogP contribution in [0, 0.1) is 6.92 Å². The molecule has 2 aliphatic rings. The topological polar surface area (TPSA) is 84.7 Å². The first kappa shape index (κ1) is 19.9. The third-order valence-corrected chi connectivity index (χ3v) is 6.92. The summed E-state index contributed by atoms with van der Waals surface area (Å²) in [5.41, 5.74) is 8.26. The second-order valence-electron chi connectivity index (χ2n) is 7.83. The molecule has 2 aromatic rings. The van der Waals surface area contributed by atoms with Crippen LogP contribution in [0.3, 0.4) is 0 Å². The lowest BCUT2D eigenvalue weighted by Gasteiger charge is -2.32. The average molecular weight is 414 g/mol. The molecule has 1 fully saturated rings. The summed E-state index contributed by atoms with van der Waals surface area (Å²) in [7, 11) is 0. The standard InChI is InChI=1S/C22H27N3O3S/c1-14-5-2-3-7-17(14)28-15-9-11-25(12-10-15)13-19(26)24-22-20(21(23)27)16-6-4-8-18(16)29-22/h2-3,5,7,15H,4,6,8-13H2,1H3,(H2,23,27)(H,24,26). The smallest absolute Gasteiger partial charge is 0.251 e. The molecule has 1 aliphatic carbocycles. The number of para-hydroxylation sites is 1. The Bertz CT molecular complexity index is 916. The Morgan fingerprint density at radius 1 is 1.24 bits per heavy atom. The van der Waals surface area contributed by atoms with Gasteiger partial charge in [0.05, 0.1) is 12.1 Å². The molecule has 6 nitrogen and oxygen atoms in total. The number of carbonyl (C=O) groups is 2. The fraction of sp³-hybridized carbons (Fsp3) is 0.455. The highest BCUT2D eigenvalue weighted by atomic mass is 32.1. The van der Waals surface area contributed by atoms with Crippen LogP contribution in [-0.2, 0) is 17.6 Å². The summed E-state index contributed by atoms with van der Waals surface area (Å²) in [6.07, 6.45) is 4.84. The number of thiophene rings is 1. The summed E-state index contributed by atoms with van der Waals surface area (Å²) in [4.78, 5) is 27.8. The molecule has 1 aromatic carbocycles. The van der Waals surface area contributed by atoms with Gasteiger partial charge in [-0.1, -0.05) is 18.2 Å². The van der Waals surface area contributed by atoms with Gasteiger partial charge < -0.3 is 15.8 Å². The first-order chi connectivity index (χ1) is 14.0. The van der Waals surface area contributed by atoms with Gasteiger partial charge in [0, 0.05) is 18.0 Å². The van der Waals surface area contributed by atoms with E-state index in [4.69, 9.17) is 10.5 Å². The molecule has 1 aliphatic heterocycles. The molecule has 7 heteroatoms. The van der Waals surface area contributed by atoms with Crippen LogP contribution < -0.4 is 15.8 Å². The number of rotatable bonds is 6. The maximum Gasteiger partial charge on any atom is 0.251 e. The Morgan fingerprint density at radius 2 is 2.00 bits per heavy atom. The van der Waals surface area contributed by atoms with Gasteiger partial charge in [0.1, 0.15) is 16.9 Å². The van der Waals surface area contributed by atoms with Crippen molar-refractivity contribution in [3.63, 3.8) is 0 Å². The van der Waals surface area contributed by atoms with Gasteiger partial charge in [0.25, 0.3) is 5.91 Å². The Morgan fingerprint density at radius 3 is 2.72 bits per heavy atom. The van der Waals surface area contributed by atoms with E-state index in [1.165, 1.54) is 16.2 Å². The van der Waals surface area contributed by atoms with Crippen LogP contribution in [0.5, 0.6) is 5.75 Å². The average Bonchev–Trinajstić information content (AvgIpc) is 3.25. The Labute approximate surface area is 175 Å². The highest BCUT2D eigenvalue weighted by Crippen LogP contribution is 2.38. The summed E-state index contributed by atoms with van der Waals surface area (Å²) in [5, 5.41) is 3.55. The summed E-state index contributed by atoms with van der Waals surface area (Å²) in [5.74, 6) is 0.396. The number of hydrogen-bond donors (Lipinski definition) is 2. The molecule has 0 bridgehead atoms. The van der Waals surface area contributed by atoms with Crippen molar-refractivity contribution in [1.29, 1.82) is 0 Å². The van der Waals surface area contributed by atoms with Crippen molar-refractivity contribution < 1.29 is 14.3 Å². The number of hydrogen-bond acceptors (Lipinski definition) is 5. The molecule has 1 aromatic heterocycles. The van der Waals surface area contributed by atoms with Crippen LogP contribution in [0.15, 0.2) is 24.3 Å². The molecule has 154 valence electrons. The molecule has 0 atom stereocenters. The summed E-state index contributed by atoms with van der Waals surface area (Å²) >= 11 is 1.50. The van der Waals surface area contributed by atoms with Gasteiger partial charge in [-0.15, -0.1) is 11.3 Å². The van der Waals surface area contributed by atoms with Crippen LogP contribution in [0.1, 0.15) is 45.6 Å². The third kappa shape index (κ3) is 4.46. The van der Waals surface area contributed by atoms with Crippen molar-refractivity contribution >= 4 is 28.2 Å². The summed E-state index contributed by atoms with van der Waals surface area (Å²) in [6, 6.07) is 8.05. The minimum atomic E-state index is -0.450. The first-order valence-electron chi connectivity index (χ1n) is 10.2. The highest BCUT2D eigenvalue weighted by Gasteiger charge is 2.27. The predicted octanol–water partition coefficient (Wildman–Crippen LogP) is 3.13. The van der Waals surface area contributed by atoms with Gasteiger partial charge in [-0.2, -0.15) is 0 Å². The van der Waals surface area contributed by atoms with Crippen LogP contribution in [0.25, 0.3) is 0 Å². The summed E-state index contributed by atoms with van der Waals surface area (Å²) in [6.45, 7) is 3.99. The second kappa shape index (κ2) is 8.55. The lowest BCUT2D eigenvalue weighted by Crippen LogP contribution is -2.42. The molecule has 1 saturated heterocycles. The quantitative estimate of drug-likeness (QED) is 0.762. The Balaban J connectivity index is 1.30. The molecule has 4 rings (SSSR count). The number of nitrogens with zero attached hydrogens (tertiary/aromatic N) is 1. The molecule has 0 unspecified atom stereocenters. The van der Waals surface area contributed by atoms with E-state index in [-0.39, 0.29) is 12.0 Å². The zero-order chi connectivity index (χ0) is 20.4. The predicted molar refractivity (Wildman–Crippen MR) is 115 cm³/mol. The molecule has 0 radical (unpaired) electrons. The van der Waals surface area contributed by atoms with Crippen molar-refractivity contribution in [1.82, 2.24) is 4.90 Å². The van der Waals surface area contributed by atoms with Crippen molar-refractivity contribution in [2.45, 2.75) is 45.1 Å². The first-order valence-corrected chi connectivity index (χ1v) is 11.0. The van der Waals surface area contributed by atoms with E-state index in [1.54, 1.807) is 0 Å². The number of anilines is 1. The number of ether oxygens (including phenoxy) is 1. The molecule has 29 heavy (non-hydrogen) atoms. The number of aryl methyl sites for hydroxylation is 2. The third-order valence-electron chi connectivity index (χ3n) is 5.71. The van der Waals surface area contributed by atoms with Gasteiger partial charge >= 0.3 is 0 Å². The van der Waals surface area contributed by atoms with E-state index < -0.39 is 5.91 Å². The monoisotopic (exact) mass is 413 g/mol. The fourth-order valence-electron chi connectivity index (χ4n) is 4.18. The van der Waals surface area contributed by atoms with Gasteiger partial charge in [-0.25, -0.2) is 0 Å². The molecule has 2 amide bonds. The Kier molecular flexibility index (Phi) is 5.87. The van der Waals surface area contributed by atoms with E-state index in [0.29, 0.717) is 17.1 Å². The van der Waals surface area contributed by atoms with Crippen molar-refractivity contribution in [2.24, 2.45) is 5.73 Å². The second-order valence-corrected chi connectivity index (χ2v) is 8.94. The summed E-state index contributed by atoms with van der Waals surface area (Å²) < 4.78 is 6.13. The molecule has 2 heterocycles. The van der Waals surface area contributed by atoms with E-state index in [1.807, 2.05) is 18.2 Å². The minimum absolute atomic E-state index is 0.0919. The zero-order valence-corrected chi connectivity index (χ0v) is 17.5. The van der Waals surface area contributed by atoms with Crippen LogP contribution in [0.4, 0.5) is 5.00 Å². The van der Waals surface area contributed by atoms with Crippen molar-refractivity contribution in [3.8, 4) is 5.75 Å². The molecular formula is C22H27N3O3S. The molecule has 0 saturated carbocycles. The minimum Gasteiger partial charge on any atom is -0.490 e. The SMILES string of the molecule is Cc1ccccc1OC1CCN(CC(=O)Nc2sc3c(c2C(N)=O)CCC3)CC1. The number of primary amides is 1. The van der Waals surface area contributed by atoms with Gasteiger partial charge in [0.15, 0.2) is 0 Å². The number of piperidine rings is 1. The number of amides is 2. The van der Waals surface area contributed by atoms with Crippen LogP contribution in [0.2, 0.25) is 0 Å². The van der Waals surface area contributed by atoms with Gasteiger partial charge in [0.2, 0.25) is 5.91 Å². The largest absolute Gasteiger partial charge is 0.490 e. The normalized spacial score (nSPS) is 17.1. The zero-order valence-electron chi connectivity index (χ0n) is 16.7. The number of carbonyl (C=O) groups excluding carboxylic acids is 2.